The van der Waals surface area contributed by atoms with Gasteiger partial charge in [-0.2, -0.15) is 0 Å². The standard InChI is InChI=1S/C21H20F2N2O4S/c1-14(2)24-30(27,28)18-8-5-15(6-9-18)21(26)25(13-17-4-3-11-29-17)20-10-7-16(22)12-19(20)23/h3-12,14,24H,13H2,1-2H3. The summed E-state index contributed by atoms with van der Waals surface area (Å²) in [4.78, 5) is 14.2. The third-order valence-corrected chi connectivity index (χ3v) is 5.82. The van der Waals surface area contributed by atoms with E-state index in [4.69, 9.17) is 4.42 Å². The molecule has 0 spiro atoms. The molecule has 0 fully saturated rings. The molecule has 0 radical (unpaired) electrons. The highest BCUT2D eigenvalue weighted by atomic mass is 32.2. The number of hydrogen-bond acceptors (Lipinski definition) is 4. The van der Waals surface area contributed by atoms with E-state index in [1.54, 1.807) is 26.0 Å². The van der Waals surface area contributed by atoms with Gasteiger partial charge in [0.2, 0.25) is 10.0 Å². The summed E-state index contributed by atoms with van der Waals surface area (Å²) in [5.74, 6) is -1.88. The second kappa shape index (κ2) is 8.76. The predicted molar refractivity (Wildman–Crippen MR) is 107 cm³/mol. The van der Waals surface area contributed by atoms with Crippen LogP contribution in [0.2, 0.25) is 0 Å². The van der Waals surface area contributed by atoms with Crippen LogP contribution in [0.5, 0.6) is 0 Å². The molecule has 0 aliphatic heterocycles. The molecule has 1 amide bonds. The summed E-state index contributed by atoms with van der Waals surface area (Å²) in [5.41, 5.74) is 0.00440. The van der Waals surface area contributed by atoms with Gasteiger partial charge in [-0.1, -0.05) is 0 Å². The van der Waals surface area contributed by atoms with Crippen LogP contribution >= 0.6 is 0 Å². The van der Waals surface area contributed by atoms with Gasteiger partial charge in [0, 0.05) is 17.7 Å². The van der Waals surface area contributed by atoms with Gasteiger partial charge < -0.3 is 4.42 Å². The summed E-state index contributed by atoms with van der Waals surface area (Å²) in [5, 5.41) is 0. The van der Waals surface area contributed by atoms with Crippen LogP contribution in [-0.4, -0.2) is 20.4 Å². The van der Waals surface area contributed by atoms with Gasteiger partial charge in [-0.3, -0.25) is 9.69 Å². The van der Waals surface area contributed by atoms with Gasteiger partial charge in [0.05, 0.1) is 23.4 Å². The van der Waals surface area contributed by atoms with Crippen molar-refractivity contribution < 1.29 is 26.4 Å². The highest BCUT2D eigenvalue weighted by molar-refractivity contribution is 7.89. The molecule has 1 N–H and O–H groups in total. The topological polar surface area (TPSA) is 79.6 Å². The van der Waals surface area contributed by atoms with Crippen molar-refractivity contribution in [3.8, 4) is 0 Å². The summed E-state index contributed by atoms with van der Waals surface area (Å²) in [7, 11) is -3.72. The number of carbonyl (C=O) groups excluding carboxylic acids is 1. The maximum absolute atomic E-state index is 14.4. The molecule has 1 aromatic heterocycles. The molecular formula is C21H20F2N2O4S. The molecule has 0 unspecified atom stereocenters. The van der Waals surface area contributed by atoms with Crippen molar-refractivity contribution in [3.63, 3.8) is 0 Å². The summed E-state index contributed by atoms with van der Waals surface area (Å²) in [6, 6.07) is 11.1. The maximum atomic E-state index is 14.4. The van der Waals surface area contributed by atoms with Gasteiger partial charge in [-0.05, 0) is 62.4 Å². The molecule has 0 saturated heterocycles. The smallest absolute Gasteiger partial charge is 0.258 e. The minimum absolute atomic E-state index is 0.00158. The van der Waals surface area contributed by atoms with Gasteiger partial charge in [0.1, 0.15) is 17.4 Å². The monoisotopic (exact) mass is 434 g/mol. The first-order valence-corrected chi connectivity index (χ1v) is 10.6. The first-order valence-electron chi connectivity index (χ1n) is 9.09. The lowest BCUT2D eigenvalue weighted by molar-refractivity contribution is 0.0982. The number of rotatable bonds is 7. The number of hydrogen-bond donors (Lipinski definition) is 1. The zero-order valence-corrected chi connectivity index (χ0v) is 17.1. The summed E-state index contributed by atoms with van der Waals surface area (Å²) < 4.78 is 60.0. The second-order valence-corrected chi connectivity index (χ2v) is 8.58. The van der Waals surface area contributed by atoms with Crippen LogP contribution in [0, 0.1) is 11.6 Å². The summed E-state index contributed by atoms with van der Waals surface area (Å²) in [6.45, 7) is 3.29. The third-order valence-electron chi connectivity index (χ3n) is 4.14. The van der Waals surface area contributed by atoms with Crippen molar-refractivity contribution >= 4 is 21.6 Å². The zero-order valence-electron chi connectivity index (χ0n) is 16.3. The van der Waals surface area contributed by atoms with E-state index in [1.807, 2.05) is 0 Å². The minimum atomic E-state index is -3.72. The number of benzene rings is 2. The number of amides is 1. The van der Waals surface area contributed by atoms with Gasteiger partial charge in [-0.15, -0.1) is 0 Å². The van der Waals surface area contributed by atoms with Crippen LogP contribution in [0.25, 0.3) is 0 Å². The Morgan fingerprint density at radius 1 is 1.10 bits per heavy atom. The highest BCUT2D eigenvalue weighted by Crippen LogP contribution is 2.25. The van der Waals surface area contributed by atoms with E-state index in [1.165, 1.54) is 30.5 Å². The lowest BCUT2D eigenvalue weighted by Gasteiger charge is -2.22. The molecule has 30 heavy (non-hydrogen) atoms. The predicted octanol–water partition coefficient (Wildman–Crippen LogP) is 4.09. The molecule has 3 aromatic rings. The normalized spacial score (nSPS) is 11.6. The molecule has 0 atom stereocenters. The maximum Gasteiger partial charge on any atom is 0.258 e. The summed E-state index contributed by atoms with van der Waals surface area (Å²) >= 11 is 0. The van der Waals surface area contributed by atoms with E-state index in [2.05, 4.69) is 4.72 Å². The van der Waals surface area contributed by atoms with E-state index in [0.717, 1.165) is 17.0 Å². The number of nitrogens with zero attached hydrogens (tertiary/aromatic N) is 1. The molecule has 9 heteroatoms. The third kappa shape index (κ3) is 4.92. The fraction of sp³-hybridized carbons (Fsp3) is 0.190. The van der Waals surface area contributed by atoms with Gasteiger partial charge in [-0.25, -0.2) is 21.9 Å². The van der Waals surface area contributed by atoms with E-state index >= 15 is 0 Å². The first kappa shape index (κ1) is 21.7. The Bertz CT molecular complexity index is 1130. The van der Waals surface area contributed by atoms with Crippen LogP contribution < -0.4 is 9.62 Å². The van der Waals surface area contributed by atoms with Crippen molar-refractivity contribution in [1.29, 1.82) is 0 Å². The molecule has 0 aliphatic rings. The average molecular weight is 434 g/mol. The van der Waals surface area contributed by atoms with Crippen molar-refractivity contribution in [2.24, 2.45) is 0 Å². The van der Waals surface area contributed by atoms with Crippen LogP contribution in [0.1, 0.15) is 30.0 Å². The molecule has 6 nitrogen and oxygen atoms in total. The molecule has 2 aromatic carbocycles. The Kier molecular flexibility index (Phi) is 6.33. The van der Waals surface area contributed by atoms with Crippen LogP contribution in [0.15, 0.2) is 70.2 Å². The van der Waals surface area contributed by atoms with Crippen molar-refractivity contribution in [3.05, 3.63) is 83.8 Å². The number of anilines is 1. The fourth-order valence-corrected chi connectivity index (χ4v) is 4.09. The zero-order chi connectivity index (χ0) is 21.9. The van der Waals surface area contributed by atoms with Crippen molar-refractivity contribution in [1.82, 2.24) is 4.72 Å². The van der Waals surface area contributed by atoms with Crippen LogP contribution in [0.3, 0.4) is 0 Å². The largest absolute Gasteiger partial charge is 0.467 e. The molecule has 0 aliphatic carbocycles. The lowest BCUT2D eigenvalue weighted by Crippen LogP contribution is -2.32. The van der Waals surface area contributed by atoms with Crippen molar-refractivity contribution in [2.75, 3.05) is 4.90 Å². The van der Waals surface area contributed by atoms with Gasteiger partial charge in [0.15, 0.2) is 0 Å². The molecule has 0 bridgehead atoms. The molecule has 1 heterocycles. The Morgan fingerprint density at radius 2 is 1.80 bits per heavy atom. The molecule has 158 valence electrons. The lowest BCUT2D eigenvalue weighted by atomic mass is 10.1. The summed E-state index contributed by atoms with van der Waals surface area (Å²) in [6.07, 6.45) is 1.42. The number of carbonyl (C=O) groups is 1. The number of halogens is 2. The highest BCUT2D eigenvalue weighted by Gasteiger charge is 2.23. The minimum Gasteiger partial charge on any atom is -0.467 e. The SMILES string of the molecule is CC(C)NS(=O)(=O)c1ccc(C(=O)N(Cc2ccco2)c2ccc(F)cc2F)cc1. The van der Waals surface area contributed by atoms with Crippen LogP contribution in [0.4, 0.5) is 14.5 Å². The second-order valence-electron chi connectivity index (χ2n) is 6.87. The molecular weight excluding hydrogens is 414 g/mol. The van der Waals surface area contributed by atoms with E-state index in [0.29, 0.717) is 11.8 Å². The van der Waals surface area contributed by atoms with E-state index in [9.17, 15) is 22.0 Å². The number of furan rings is 1. The van der Waals surface area contributed by atoms with Crippen molar-refractivity contribution in [2.45, 2.75) is 31.3 Å². The quantitative estimate of drug-likeness (QED) is 0.607. The number of nitrogens with one attached hydrogen (secondary N) is 1. The molecule has 0 saturated carbocycles. The average Bonchev–Trinajstić information content (AvgIpc) is 3.18. The Labute approximate surface area is 173 Å². The van der Waals surface area contributed by atoms with E-state index in [-0.39, 0.29) is 28.7 Å². The first-order chi connectivity index (χ1) is 14.2. The Hall–Kier alpha value is -3.04. The Balaban J connectivity index is 1.94. The molecule has 3 rings (SSSR count). The van der Waals surface area contributed by atoms with E-state index < -0.39 is 27.6 Å². The van der Waals surface area contributed by atoms with Gasteiger partial charge >= 0.3 is 0 Å². The van der Waals surface area contributed by atoms with Crippen LogP contribution in [-0.2, 0) is 16.6 Å². The number of sulfonamides is 1. The Morgan fingerprint density at radius 3 is 2.37 bits per heavy atom. The fourth-order valence-electron chi connectivity index (χ4n) is 2.84. The van der Waals surface area contributed by atoms with Gasteiger partial charge in [0.25, 0.3) is 5.91 Å².